The summed E-state index contributed by atoms with van der Waals surface area (Å²) in [6.07, 6.45) is 0. The molecule has 0 spiro atoms. The maximum Gasteiger partial charge on any atom is 0.271 e. The van der Waals surface area contributed by atoms with E-state index >= 15 is 0 Å². The van der Waals surface area contributed by atoms with Gasteiger partial charge in [0.05, 0.1) is 11.4 Å². The third kappa shape index (κ3) is 2.33. The van der Waals surface area contributed by atoms with E-state index in [1.54, 1.807) is 11.0 Å². The molecule has 0 aliphatic rings. The standard InChI is InChI=1S/C14H21N5O/c1-6-19(7-2)14(20)12-8-11(15-16-12)13-9(3)17-18(5)10(13)4/h8H,6-7H2,1-5H3,(H,15,16). The number of amides is 1. The Labute approximate surface area is 118 Å². The number of aromatic amines is 1. The average Bonchev–Trinajstić information content (AvgIpc) is 2.97. The van der Waals surface area contributed by atoms with Crippen molar-refractivity contribution in [3.63, 3.8) is 0 Å². The smallest absolute Gasteiger partial charge is 0.271 e. The van der Waals surface area contributed by atoms with Crippen LogP contribution in [0.25, 0.3) is 11.3 Å². The Kier molecular flexibility index (Phi) is 3.92. The van der Waals surface area contributed by atoms with Crippen LogP contribution in [0.5, 0.6) is 0 Å². The first kappa shape index (κ1) is 14.3. The predicted octanol–water partition coefficient (Wildman–Crippen LogP) is 1.91. The first-order valence-electron chi connectivity index (χ1n) is 6.84. The van der Waals surface area contributed by atoms with Crippen molar-refractivity contribution in [2.45, 2.75) is 27.7 Å². The van der Waals surface area contributed by atoms with Gasteiger partial charge in [-0.2, -0.15) is 10.2 Å². The first-order valence-corrected chi connectivity index (χ1v) is 6.84. The fraction of sp³-hybridized carbons (Fsp3) is 0.500. The summed E-state index contributed by atoms with van der Waals surface area (Å²) in [6.45, 7) is 9.25. The van der Waals surface area contributed by atoms with E-state index in [4.69, 9.17) is 0 Å². The lowest BCUT2D eigenvalue weighted by Crippen LogP contribution is -2.30. The molecule has 2 heterocycles. The fourth-order valence-electron chi connectivity index (χ4n) is 2.38. The molecule has 0 aliphatic heterocycles. The minimum atomic E-state index is -0.0204. The van der Waals surface area contributed by atoms with Gasteiger partial charge in [-0.3, -0.25) is 14.6 Å². The highest BCUT2D eigenvalue weighted by Crippen LogP contribution is 2.25. The van der Waals surface area contributed by atoms with Gasteiger partial charge in [0.25, 0.3) is 5.91 Å². The molecule has 1 N–H and O–H groups in total. The van der Waals surface area contributed by atoms with Crippen molar-refractivity contribution in [1.82, 2.24) is 24.9 Å². The van der Waals surface area contributed by atoms with Gasteiger partial charge in [-0.1, -0.05) is 0 Å². The Balaban J connectivity index is 2.36. The third-order valence-electron chi connectivity index (χ3n) is 3.62. The van der Waals surface area contributed by atoms with Crippen LogP contribution in [0.3, 0.4) is 0 Å². The molecule has 0 atom stereocenters. The lowest BCUT2D eigenvalue weighted by Gasteiger charge is -2.16. The van der Waals surface area contributed by atoms with Crippen molar-refractivity contribution >= 4 is 5.91 Å². The van der Waals surface area contributed by atoms with Gasteiger partial charge < -0.3 is 4.90 Å². The molecule has 0 bridgehead atoms. The highest BCUT2D eigenvalue weighted by Gasteiger charge is 2.19. The second-order valence-electron chi connectivity index (χ2n) is 4.81. The molecule has 0 saturated heterocycles. The number of H-pyrrole nitrogens is 1. The molecule has 0 fully saturated rings. The van der Waals surface area contributed by atoms with Crippen molar-refractivity contribution in [2.75, 3.05) is 13.1 Å². The Morgan fingerprint density at radius 3 is 2.50 bits per heavy atom. The molecule has 2 rings (SSSR count). The van der Waals surface area contributed by atoms with Gasteiger partial charge in [0.15, 0.2) is 0 Å². The number of hydrogen-bond acceptors (Lipinski definition) is 3. The second kappa shape index (κ2) is 5.48. The van der Waals surface area contributed by atoms with Gasteiger partial charge in [0.1, 0.15) is 5.69 Å². The van der Waals surface area contributed by atoms with Crippen LogP contribution in [0.2, 0.25) is 0 Å². The van der Waals surface area contributed by atoms with Crippen LogP contribution in [0.4, 0.5) is 0 Å². The summed E-state index contributed by atoms with van der Waals surface area (Å²) in [4.78, 5) is 14.0. The van der Waals surface area contributed by atoms with Crippen molar-refractivity contribution in [2.24, 2.45) is 7.05 Å². The Bertz CT molecular complexity index is 622. The molecule has 0 radical (unpaired) electrons. The van der Waals surface area contributed by atoms with Crippen LogP contribution < -0.4 is 0 Å². The maximum absolute atomic E-state index is 12.3. The topological polar surface area (TPSA) is 66.8 Å². The van der Waals surface area contributed by atoms with E-state index in [1.807, 2.05) is 39.4 Å². The quantitative estimate of drug-likeness (QED) is 0.926. The number of carbonyl (C=O) groups is 1. The molecular weight excluding hydrogens is 254 g/mol. The highest BCUT2D eigenvalue weighted by molar-refractivity contribution is 5.93. The Hall–Kier alpha value is -2.11. The molecule has 6 nitrogen and oxygen atoms in total. The molecular formula is C14H21N5O. The normalized spacial score (nSPS) is 10.8. The zero-order valence-corrected chi connectivity index (χ0v) is 12.7. The van der Waals surface area contributed by atoms with E-state index in [9.17, 15) is 4.79 Å². The second-order valence-corrected chi connectivity index (χ2v) is 4.81. The van der Waals surface area contributed by atoms with Crippen LogP contribution in [0.1, 0.15) is 35.7 Å². The number of rotatable bonds is 4. The molecule has 108 valence electrons. The number of nitrogens with zero attached hydrogens (tertiary/aromatic N) is 4. The minimum absolute atomic E-state index is 0.0204. The molecule has 2 aromatic rings. The number of aromatic nitrogens is 4. The summed E-state index contributed by atoms with van der Waals surface area (Å²) in [5.74, 6) is -0.0204. The van der Waals surface area contributed by atoms with Gasteiger partial charge in [0.2, 0.25) is 0 Å². The summed E-state index contributed by atoms with van der Waals surface area (Å²) in [6, 6.07) is 1.80. The largest absolute Gasteiger partial charge is 0.338 e. The SMILES string of the molecule is CCN(CC)C(=O)c1cc(-c2c(C)nn(C)c2C)n[nH]1. The monoisotopic (exact) mass is 275 g/mol. The molecule has 0 aliphatic carbocycles. The summed E-state index contributed by atoms with van der Waals surface area (Å²) in [5.41, 5.74) is 4.23. The number of carbonyl (C=O) groups excluding carboxylic acids is 1. The summed E-state index contributed by atoms with van der Waals surface area (Å²) < 4.78 is 1.82. The van der Waals surface area contributed by atoms with Crippen molar-refractivity contribution in [3.05, 3.63) is 23.1 Å². The molecule has 6 heteroatoms. The Morgan fingerprint density at radius 2 is 2.00 bits per heavy atom. The van der Waals surface area contributed by atoms with E-state index in [2.05, 4.69) is 15.3 Å². The van der Waals surface area contributed by atoms with Crippen molar-refractivity contribution < 1.29 is 4.79 Å². The average molecular weight is 275 g/mol. The van der Waals surface area contributed by atoms with E-state index in [0.717, 1.165) is 22.6 Å². The number of aryl methyl sites for hydroxylation is 2. The molecule has 0 aromatic carbocycles. The van der Waals surface area contributed by atoms with Crippen molar-refractivity contribution in [1.29, 1.82) is 0 Å². The van der Waals surface area contributed by atoms with E-state index < -0.39 is 0 Å². The third-order valence-corrected chi connectivity index (χ3v) is 3.62. The summed E-state index contributed by atoms with van der Waals surface area (Å²) in [5, 5.41) is 11.5. The fourth-order valence-corrected chi connectivity index (χ4v) is 2.38. The molecule has 0 unspecified atom stereocenters. The zero-order chi connectivity index (χ0) is 14.9. The predicted molar refractivity (Wildman–Crippen MR) is 77.5 cm³/mol. The Morgan fingerprint density at radius 1 is 1.35 bits per heavy atom. The number of nitrogens with one attached hydrogen (secondary N) is 1. The molecule has 1 amide bonds. The van der Waals surface area contributed by atoms with Crippen LogP contribution in [0.15, 0.2) is 6.07 Å². The van der Waals surface area contributed by atoms with Crippen LogP contribution in [-0.4, -0.2) is 43.9 Å². The lowest BCUT2D eigenvalue weighted by atomic mass is 10.1. The van der Waals surface area contributed by atoms with Gasteiger partial charge in [-0.15, -0.1) is 0 Å². The highest BCUT2D eigenvalue weighted by atomic mass is 16.2. The van der Waals surface area contributed by atoms with Gasteiger partial charge >= 0.3 is 0 Å². The summed E-state index contributed by atoms with van der Waals surface area (Å²) >= 11 is 0. The lowest BCUT2D eigenvalue weighted by molar-refractivity contribution is 0.0767. The van der Waals surface area contributed by atoms with Crippen LogP contribution >= 0.6 is 0 Å². The van der Waals surface area contributed by atoms with Gasteiger partial charge in [-0.05, 0) is 33.8 Å². The minimum Gasteiger partial charge on any atom is -0.338 e. The molecule has 20 heavy (non-hydrogen) atoms. The van der Waals surface area contributed by atoms with Crippen LogP contribution in [-0.2, 0) is 7.05 Å². The van der Waals surface area contributed by atoms with E-state index in [-0.39, 0.29) is 5.91 Å². The van der Waals surface area contributed by atoms with Gasteiger partial charge in [-0.25, -0.2) is 0 Å². The molecule has 2 aromatic heterocycles. The van der Waals surface area contributed by atoms with Crippen molar-refractivity contribution in [3.8, 4) is 11.3 Å². The zero-order valence-electron chi connectivity index (χ0n) is 12.7. The van der Waals surface area contributed by atoms with E-state index in [1.165, 1.54) is 0 Å². The maximum atomic E-state index is 12.3. The summed E-state index contributed by atoms with van der Waals surface area (Å²) in [7, 11) is 1.90. The van der Waals surface area contributed by atoms with Gasteiger partial charge in [0, 0.05) is 31.4 Å². The van der Waals surface area contributed by atoms with Crippen LogP contribution in [0, 0.1) is 13.8 Å². The number of hydrogen-bond donors (Lipinski definition) is 1. The van der Waals surface area contributed by atoms with E-state index in [0.29, 0.717) is 18.8 Å². The molecule has 0 saturated carbocycles. The first-order chi connectivity index (χ1) is 9.49.